The normalized spacial score (nSPS) is 15.1. The number of nitrogens with one attached hydrogen (secondary N) is 1. The van der Waals surface area contributed by atoms with E-state index in [1.807, 2.05) is 24.3 Å². The van der Waals surface area contributed by atoms with E-state index in [0.29, 0.717) is 13.0 Å². The summed E-state index contributed by atoms with van der Waals surface area (Å²) < 4.78 is 38.6. The summed E-state index contributed by atoms with van der Waals surface area (Å²) in [5, 5.41) is 0. The molecule has 1 fully saturated rings. The number of rotatable bonds is 8. The van der Waals surface area contributed by atoms with Crippen LogP contribution in [0, 0.1) is 0 Å². The molecule has 3 rings (SSSR count). The molecule has 2 aromatic carbocycles. The predicted molar refractivity (Wildman–Crippen MR) is 101 cm³/mol. The maximum atomic E-state index is 12.4. The van der Waals surface area contributed by atoms with Gasteiger partial charge in [-0.05, 0) is 74.1 Å². The third kappa shape index (κ3) is 4.99. The van der Waals surface area contributed by atoms with Crippen LogP contribution < -0.4 is 14.2 Å². The van der Waals surface area contributed by atoms with Crippen LogP contribution in [0.15, 0.2) is 53.4 Å². The second kappa shape index (κ2) is 8.56. The van der Waals surface area contributed by atoms with Gasteiger partial charge in [-0.1, -0.05) is 12.1 Å². The molecular weight excluding hydrogens is 350 g/mol. The van der Waals surface area contributed by atoms with Crippen LogP contribution in [0.4, 0.5) is 0 Å². The van der Waals surface area contributed by atoms with Crippen molar-refractivity contribution >= 4 is 10.0 Å². The van der Waals surface area contributed by atoms with E-state index in [2.05, 4.69) is 4.72 Å². The molecule has 1 N–H and O–H groups in total. The smallest absolute Gasteiger partial charge is 0.240 e. The van der Waals surface area contributed by atoms with Gasteiger partial charge in [-0.3, -0.25) is 0 Å². The van der Waals surface area contributed by atoms with Crippen LogP contribution in [0.2, 0.25) is 0 Å². The van der Waals surface area contributed by atoms with Crippen LogP contribution >= 0.6 is 0 Å². The standard InChI is InChI=1S/C20H25NO4S/c1-24-19-8-4-5-16(15-19)13-14-21-26(22,23)20-11-9-18(10-12-20)25-17-6-2-3-7-17/h4-5,8-12,15,17,21H,2-3,6-7,13-14H2,1H3. The lowest BCUT2D eigenvalue weighted by atomic mass is 10.1. The molecule has 26 heavy (non-hydrogen) atoms. The summed E-state index contributed by atoms with van der Waals surface area (Å²) in [6.07, 6.45) is 5.41. The Morgan fingerprint density at radius 2 is 1.77 bits per heavy atom. The Kier molecular flexibility index (Phi) is 6.16. The highest BCUT2D eigenvalue weighted by Gasteiger charge is 2.17. The fourth-order valence-corrected chi connectivity index (χ4v) is 4.17. The predicted octanol–water partition coefficient (Wildman–Crippen LogP) is 3.54. The van der Waals surface area contributed by atoms with Crippen molar-refractivity contribution in [3.05, 3.63) is 54.1 Å². The van der Waals surface area contributed by atoms with Crippen LogP contribution in [-0.2, 0) is 16.4 Å². The van der Waals surface area contributed by atoms with Gasteiger partial charge in [0, 0.05) is 6.54 Å². The van der Waals surface area contributed by atoms with Crippen molar-refractivity contribution in [2.24, 2.45) is 0 Å². The molecule has 0 unspecified atom stereocenters. The Hall–Kier alpha value is -2.05. The van der Waals surface area contributed by atoms with Gasteiger partial charge in [-0.15, -0.1) is 0 Å². The summed E-state index contributed by atoms with van der Waals surface area (Å²) >= 11 is 0. The summed E-state index contributed by atoms with van der Waals surface area (Å²) in [7, 11) is -1.91. The molecule has 6 heteroatoms. The van der Waals surface area contributed by atoms with Crippen LogP contribution in [0.3, 0.4) is 0 Å². The van der Waals surface area contributed by atoms with Gasteiger partial charge in [-0.2, -0.15) is 0 Å². The number of hydrogen-bond acceptors (Lipinski definition) is 4. The lowest BCUT2D eigenvalue weighted by Crippen LogP contribution is -2.26. The first-order valence-electron chi connectivity index (χ1n) is 8.96. The molecule has 0 aromatic heterocycles. The first-order valence-corrected chi connectivity index (χ1v) is 10.4. The van der Waals surface area contributed by atoms with Crippen LogP contribution in [0.5, 0.6) is 11.5 Å². The largest absolute Gasteiger partial charge is 0.497 e. The lowest BCUT2D eigenvalue weighted by Gasteiger charge is -2.13. The van der Waals surface area contributed by atoms with Gasteiger partial charge in [0.15, 0.2) is 0 Å². The van der Waals surface area contributed by atoms with Crippen molar-refractivity contribution in [1.29, 1.82) is 0 Å². The monoisotopic (exact) mass is 375 g/mol. The SMILES string of the molecule is COc1cccc(CCNS(=O)(=O)c2ccc(OC3CCCC3)cc2)c1. The Labute approximate surface area is 155 Å². The molecule has 0 atom stereocenters. The zero-order chi connectivity index (χ0) is 18.4. The lowest BCUT2D eigenvalue weighted by molar-refractivity contribution is 0.210. The average Bonchev–Trinajstić information content (AvgIpc) is 3.15. The second-order valence-corrected chi connectivity index (χ2v) is 8.26. The molecular formula is C20H25NO4S. The van der Waals surface area contributed by atoms with Crippen LogP contribution in [-0.4, -0.2) is 28.2 Å². The third-order valence-corrected chi connectivity index (χ3v) is 6.06. The van der Waals surface area contributed by atoms with Gasteiger partial charge >= 0.3 is 0 Å². The summed E-state index contributed by atoms with van der Waals surface area (Å²) in [5.41, 5.74) is 1.02. The van der Waals surface area contributed by atoms with Crippen molar-refractivity contribution in [3.63, 3.8) is 0 Å². The van der Waals surface area contributed by atoms with Crippen molar-refractivity contribution in [1.82, 2.24) is 4.72 Å². The summed E-state index contributed by atoms with van der Waals surface area (Å²) in [5.74, 6) is 1.50. The minimum absolute atomic E-state index is 0.252. The van der Waals surface area contributed by atoms with E-state index >= 15 is 0 Å². The zero-order valence-electron chi connectivity index (χ0n) is 15.0. The van der Waals surface area contributed by atoms with E-state index in [1.54, 1.807) is 31.4 Å². The minimum Gasteiger partial charge on any atom is -0.497 e. The fraction of sp³-hybridized carbons (Fsp3) is 0.400. The molecule has 0 amide bonds. The molecule has 2 aromatic rings. The van der Waals surface area contributed by atoms with E-state index in [1.165, 1.54) is 12.8 Å². The van der Waals surface area contributed by atoms with E-state index in [-0.39, 0.29) is 11.0 Å². The molecule has 140 valence electrons. The highest BCUT2D eigenvalue weighted by atomic mass is 32.2. The molecule has 1 saturated carbocycles. The first-order chi connectivity index (χ1) is 12.6. The van der Waals surface area contributed by atoms with Gasteiger partial charge in [0.1, 0.15) is 11.5 Å². The summed E-state index contributed by atoms with van der Waals surface area (Å²) in [6, 6.07) is 14.3. The Bertz CT molecular complexity index is 812. The zero-order valence-corrected chi connectivity index (χ0v) is 15.8. The molecule has 1 aliphatic carbocycles. The summed E-state index contributed by atoms with van der Waals surface area (Å²) in [6.45, 7) is 0.329. The molecule has 0 saturated heterocycles. The molecule has 0 aliphatic heterocycles. The Balaban J connectivity index is 1.55. The van der Waals surface area contributed by atoms with Gasteiger partial charge in [-0.25, -0.2) is 13.1 Å². The van der Waals surface area contributed by atoms with Crippen LogP contribution in [0.1, 0.15) is 31.2 Å². The minimum atomic E-state index is -3.53. The first kappa shape index (κ1) is 18.7. The maximum Gasteiger partial charge on any atom is 0.240 e. The molecule has 0 heterocycles. The maximum absolute atomic E-state index is 12.4. The fourth-order valence-electron chi connectivity index (χ4n) is 3.14. The number of methoxy groups -OCH3 is 1. The highest BCUT2D eigenvalue weighted by Crippen LogP contribution is 2.25. The van der Waals surface area contributed by atoms with Gasteiger partial charge in [0.2, 0.25) is 10.0 Å². The van der Waals surface area contributed by atoms with Crippen molar-refractivity contribution in [3.8, 4) is 11.5 Å². The van der Waals surface area contributed by atoms with Crippen molar-refractivity contribution in [2.45, 2.75) is 43.1 Å². The van der Waals surface area contributed by atoms with Gasteiger partial charge in [0.05, 0.1) is 18.1 Å². The Morgan fingerprint density at radius 1 is 1.04 bits per heavy atom. The molecule has 0 spiro atoms. The number of sulfonamides is 1. The summed E-state index contributed by atoms with van der Waals surface area (Å²) in [4.78, 5) is 0.252. The quantitative estimate of drug-likeness (QED) is 0.766. The third-order valence-electron chi connectivity index (χ3n) is 4.58. The second-order valence-electron chi connectivity index (χ2n) is 6.50. The van der Waals surface area contributed by atoms with Crippen molar-refractivity contribution < 1.29 is 17.9 Å². The number of hydrogen-bond donors (Lipinski definition) is 1. The highest BCUT2D eigenvalue weighted by molar-refractivity contribution is 7.89. The Morgan fingerprint density at radius 3 is 2.46 bits per heavy atom. The van der Waals surface area contributed by atoms with Crippen molar-refractivity contribution in [2.75, 3.05) is 13.7 Å². The number of benzene rings is 2. The van der Waals surface area contributed by atoms with E-state index < -0.39 is 10.0 Å². The van der Waals surface area contributed by atoms with E-state index in [0.717, 1.165) is 29.9 Å². The molecule has 0 radical (unpaired) electrons. The number of ether oxygens (including phenoxy) is 2. The molecule has 0 bridgehead atoms. The topological polar surface area (TPSA) is 64.6 Å². The van der Waals surface area contributed by atoms with Gasteiger partial charge in [0.25, 0.3) is 0 Å². The van der Waals surface area contributed by atoms with Gasteiger partial charge < -0.3 is 9.47 Å². The molecule has 5 nitrogen and oxygen atoms in total. The van der Waals surface area contributed by atoms with E-state index in [4.69, 9.17) is 9.47 Å². The van der Waals surface area contributed by atoms with Crippen LogP contribution in [0.25, 0.3) is 0 Å². The van der Waals surface area contributed by atoms with E-state index in [9.17, 15) is 8.42 Å². The average molecular weight is 375 g/mol. The molecule has 1 aliphatic rings.